The molecule has 0 aliphatic carbocycles. The Bertz CT molecular complexity index is 779. The van der Waals surface area contributed by atoms with Crippen molar-refractivity contribution in [1.82, 2.24) is 19.5 Å². The fraction of sp³-hybridized carbons (Fsp3) is 0.333. The first-order valence-electron chi connectivity index (χ1n) is 8.48. The lowest BCUT2D eigenvalue weighted by molar-refractivity contribution is 0.0322. The van der Waals surface area contributed by atoms with Gasteiger partial charge in [-0.15, -0.1) is 5.10 Å². The summed E-state index contributed by atoms with van der Waals surface area (Å²) in [5.41, 5.74) is 1.74. The normalized spacial score (nSPS) is 15.4. The van der Waals surface area contributed by atoms with Gasteiger partial charge in [0.1, 0.15) is 12.4 Å². The van der Waals surface area contributed by atoms with Gasteiger partial charge < -0.3 is 14.8 Å². The molecule has 3 aromatic rings. The first-order chi connectivity index (χ1) is 12.4. The van der Waals surface area contributed by atoms with Crippen LogP contribution >= 0.6 is 0 Å². The van der Waals surface area contributed by atoms with Gasteiger partial charge in [-0.25, -0.2) is 4.52 Å². The van der Waals surface area contributed by atoms with Crippen LogP contribution in [0.25, 0.3) is 5.65 Å². The molecule has 25 heavy (non-hydrogen) atoms. The maximum atomic E-state index is 5.82. The molecule has 2 aromatic heterocycles. The second kappa shape index (κ2) is 7.50. The van der Waals surface area contributed by atoms with Crippen molar-refractivity contribution in [2.24, 2.45) is 0 Å². The molecule has 0 spiro atoms. The largest absolute Gasteiger partial charge is 0.492 e. The van der Waals surface area contributed by atoms with Crippen molar-refractivity contribution in [1.29, 1.82) is 0 Å². The molecular formula is C18H21N5O2. The molecule has 1 fully saturated rings. The molecule has 1 aliphatic heterocycles. The fourth-order valence-corrected chi connectivity index (χ4v) is 2.77. The number of fused-ring (bicyclic) bond motifs is 1. The van der Waals surface area contributed by atoms with E-state index in [2.05, 4.69) is 20.3 Å². The van der Waals surface area contributed by atoms with Crippen molar-refractivity contribution < 1.29 is 9.47 Å². The molecular weight excluding hydrogens is 318 g/mol. The highest BCUT2D eigenvalue weighted by Gasteiger charge is 2.09. The minimum absolute atomic E-state index is 0.576. The maximum absolute atomic E-state index is 5.82. The molecule has 7 nitrogen and oxygen atoms in total. The van der Waals surface area contributed by atoms with Crippen molar-refractivity contribution in [3.63, 3.8) is 0 Å². The Hall–Kier alpha value is -2.64. The number of rotatable bonds is 6. The molecule has 4 rings (SSSR count). The van der Waals surface area contributed by atoms with Crippen molar-refractivity contribution >= 4 is 17.3 Å². The molecule has 0 radical (unpaired) electrons. The number of morpholine rings is 1. The quantitative estimate of drug-likeness (QED) is 0.743. The van der Waals surface area contributed by atoms with Gasteiger partial charge in [0.2, 0.25) is 5.95 Å². The van der Waals surface area contributed by atoms with Crippen LogP contribution in [0.1, 0.15) is 0 Å². The van der Waals surface area contributed by atoms with E-state index in [0.29, 0.717) is 12.6 Å². The van der Waals surface area contributed by atoms with Crippen LogP contribution in [-0.4, -0.2) is 59.0 Å². The fourth-order valence-electron chi connectivity index (χ4n) is 2.77. The van der Waals surface area contributed by atoms with E-state index < -0.39 is 0 Å². The number of anilines is 2. The van der Waals surface area contributed by atoms with E-state index >= 15 is 0 Å². The highest BCUT2D eigenvalue weighted by atomic mass is 16.5. The summed E-state index contributed by atoms with van der Waals surface area (Å²) in [6.07, 6.45) is 1.87. The van der Waals surface area contributed by atoms with Crippen LogP contribution in [0.3, 0.4) is 0 Å². The first kappa shape index (κ1) is 15.9. The van der Waals surface area contributed by atoms with E-state index in [1.54, 1.807) is 4.52 Å². The highest BCUT2D eigenvalue weighted by molar-refractivity contribution is 5.56. The second-order valence-corrected chi connectivity index (χ2v) is 5.89. The Morgan fingerprint density at radius 2 is 1.92 bits per heavy atom. The molecule has 0 atom stereocenters. The minimum Gasteiger partial charge on any atom is -0.492 e. The number of nitrogens with zero attached hydrogens (tertiary/aromatic N) is 4. The van der Waals surface area contributed by atoms with Gasteiger partial charge in [0.25, 0.3) is 0 Å². The Morgan fingerprint density at radius 1 is 1.08 bits per heavy atom. The van der Waals surface area contributed by atoms with Gasteiger partial charge in [-0.3, -0.25) is 4.90 Å². The van der Waals surface area contributed by atoms with Gasteiger partial charge >= 0.3 is 0 Å². The number of benzene rings is 1. The van der Waals surface area contributed by atoms with Gasteiger partial charge in [-0.05, 0) is 36.4 Å². The van der Waals surface area contributed by atoms with E-state index in [1.807, 2.05) is 48.7 Å². The predicted molar refractivity (Wildman–Crippen MR) is 95.5 cm³/mol. The van der Waals surface area contributed by atoms with Gasteiger partial charge in [0.15, 0.2) is 5.65 Å². The number of aromatic nitrogens is 3. The Morgan fingerprint density at radius 3 is 2.72 bits per heavy atom. The Labute approximate surface area is 146 Å². The SMILES string of the molecule is c1ccn2nc(Nc3ccc(OCCN4CCOCC4)cc3)nc2c1. The average molecular weight is 339 g/mol. The summed E-state index contributed by atoms with van der Waals surface area (Å²) in [6.45, 7) is 5.21. The summed E-state index contributed by atoms with van der Waals surface area (Å²) in [7, 11) is 0. The lowest BCUT2D eigenvalue weighted by Crippen LogP contribution is -2.38. The highest BCUT2D eigenvalue weighted by Crippen LogP contribution is 2.18. The molecule has 0 bridgehead atoms. The molecule has 3 heterocycles. The van der Waals surface area contributed by atoms with Crippen LogP contribution in [0.5, 0.6) is 5.75 Å². The Balaban J connectivity index is 1.30. The number of ether oxygens (including phenoxy) is 2. The zero-order valence-electron chi connectivity index (χ0n) is 14.0. The Kier molecular flexibility index (Phi) is 4.76. The number of hydrogen-bond donors (Lipinski definition) is 1. The standard InChI is InChI=1S/C18H21N5O2/c1-2-8-23-17(3-1)20-18(21-23)19-15-4-6-16(7-5-15)25-14-11-22-9-12-24-13-10-22/h1-8H,9-14H2,(H,19,21). The van der Waals surface area contributed by atoms with Crippen molar-refractivity contribution in [3.05, 3.63) is 48.7 Å². The molecule has 130 valence electrons. The maximum Gasteiger partial charge on any atom is 0.247 e. The topological polar surface area (TPSA) is 63.9 Å². The average Bonchev–Trinajstić information content (AvgIpc) is 3.06. The van der Waals surface area contributed by atoms with Crippen LogP contribution in [0.4, 0.5) is 11.6 Å². The van der Waals surface area contributed by atoms with Crippen molar-refractivity contribution in [2.45, 2.75) is 0 Å². The third kappa shape index (κ3) is 4.07. The lowest BCUT2D eigenvalue weighted by atomic mass is 10.3. The molecule has 0 amide bonds. The predicted octanol–water partition coefficient (Wildman–Crippen LogP) is 2.18. The van der Waals surface area contributed by atoms with E-state index in [-0.39, 0.29) is 0 Å². The molecule has 0 unspecified atom stereocenters. The van der Waals surface area contributed by atoms with E-state index in [0.717, 1.165) is 49.9 Å². The van der Waals surface area contributed by atoms with Gasteiger partial charge in [0.05, 0.1) is 13.2 Å². The molecule has 1 saturated heterocycles. The second-order valence-electron chi connectivity index (χ2n) is 5.89. The summed E-state index contributed by atoms with van der Waals surface area (Å²) in [4.78, 5) is 6.78. The monoisotopic (exact) mass is 339 g/mol. The summed E-state index contributed by atoms with van der Waals surface area (Å²) in [5, 5.41) is 7.59. The van der Waals surface area contributed by atoms with E-state index in [1.165, 1.54) is 0 Å². The van der Waals surface area contributed by atoms with Crippen LogP contribution in [0, 0.1) is 0 Å². The molecule has 1 aliphatic rings. The lowest BCUT2D eigenvalue weighted by Gasteiger charge is -2.26. The van der Waals surface area contributed by atoms with Gasteiger partial charge in [0, 0.05) is 31.5 Å². The first-order valence-corrected chi connectivity index (χ1v) is 8.48. The van der Waals surface area contributed by atoms with E-state index in [4.69, 9.17) is 9.47 Å². The van der Waals surface area contributed by atoms with Crippen LogP contribution in [0.15, 0.2) is 48.7 Å². The van der Waals surface area contributed by atoms with Crippen LogP contribution in [0.2, 0.25) is 0 Å². The number of hydrogen-bond acceptors (Lipinski definition) is 6. The van der Waals surface area contributed by atoms with Gasteiger partial charge in [-0.1, -0.05) is 6.07 Å². The number of nitrogens with one attached hydrogen (secondary N) is 1. The molecule has 1 N–H and O–H groups in total. The van der Waals surface area contributed by atoms with Crippen LogP contribution < -0.4 is 10.1 Å². The summed E-state index contributed by atoms with van der Waals surface area (Å²) in [6, 6.07) is 13.6. The summed E-state index contributed by atoms with van der Waals surface area (Å²) >= 11 is 0. The zero-order valence-corrected chi connectivity index (χ0v) is 14.0. The molecule has 7 heteroatoms. The zero-order chi connectivity index (χ0) is 16.9. The smallest absolute Gasteiger partial charge is 0.247 e. The number of pyridine rings is 1. The van der Waals surface area contributed by atoms with E-state index in [9.17, 15) is 0 Å². The molecule has 1 aromatic carbocycles. The minimum atomic E-state index is 0.576. The summed E-state index contributed by atoms with van der Waals surface area (Å²) in [5.74, 6) is 1.44. The van der Waals surface area contributed by atoms with Crippen molar-refractivity contribution in [2.75, 3.05) is 44.8 Å². The van der Waals surface area contributed by atoms with Crippen molar-refractivity contribution in [3.8, 4) is 5.75 Å². The summed E-state index contributed by atoms with van der Waals surface area (Å²) < 4.78 is 12.9. The van der Waals surface area contributed by atoms with Gasteiger partial charge in [-0.2, -0.15) is 4.98 Å². The third-order valence-electron chi connectivity index (χ3n) is 4.13. The molecule has 0 saturated carbocycles. The van der Waals surface area contributed by atoms with Crippen LogP contribution in [-0.2, 0) is 4.74 Å². The third-order valence-corrected chi connectivity index (χ3v) is 4.13.